The summed E-state index contributed by atoms with van der Waals surface area (Å²) in [5.74, 6) is -0.687. The van der Waals surface area contributed by atoms with Gasteiger partial charge in [0.05, 0.1) is 22.8 Å². The van der Waals surface area contributed by atoms with Crippen LogP contribution in [0.4, 0.5) is 18.9 Å². The van der Waals surface area contributed by atoms with E-state index in [9.17, 15) is 26.4 Å². The van der Waals surface area contributed by atoms with Crippen molar-refractivity contribution in [3.05, 3.63) is 46.2 Å². The molecule has 6 nitrogen and oxygen atoms in total. The molecule has 0 aliphatic carbocycles. The van der Waals surface area contributed by atoms with Crippen LogP contribution in [0.3, 0.4) is 0 Å². The van der Waals surface area contributed by atoms with Gasteiger partial charge >= 0.3 is 12.1 Å². The fourth-order valence-electron chi connectivity index (χ4n) is 2.08. The van der Waals surface area contributed by atoms with E-state index >= 15 is 0 Å². The smallest absolute Gasteiger partial charge is 0.417 e. The SMILES string of the molecule is COC(=O)c1cc(NS(=O)(=O)c2cccc(C(F)(F)F)c2Br)cn1C. The molecule has 136 valence electrons. The minimum atomic E-state index is -4.71. The molecule has 0 radical (unpaired) electrons. The number of carbonyl (C=O) groups excluding carboxylic acids is 1. The highest BCUT2D eigenvalue weighted by Gasteiger charge is 2.35. The number of anilines is 1. The van der Waals surface area contributed by atoms with Crippen molar-refractivity contribution in [3.8, 4) is 0 Å². The van der Waals surface area contributed by atoms with Crippen molar-refractivity contribution in [2.24, 2.45) is 7.05 Å². The van der Waals surface area contributed by atoms with E-state index < -0.39 is 37.1 Å². The van der Waals surface area contributed by atoms with E-state index in [4.69, 9.17) is 0 Å². The molecule has 0 fully saturated rings. The van der Waals surface area contributed by atoms with Gasteiger partial charge in [0, 0.05) is 13.2 Å². The third-order valence-corrected chi connectivity index (χ3v) is 5.75. The number of halogens is 4. The van der Waals surface area contributed by atoms with Gasteiger partial charge < -0.3 is 9.30 Å². The third-order valence-electron chi connectivity index (χ3n) is 3.21. The molecule has 0 spiro atoms. The Morgan fingerprint density at radius 3 is 2.52 bits per heavy atom. The van der Waals surface area contributed by atoms with E-state index in [0.29, 0.717) is 0 Å². The minimum absolute atomic E-state index is 0.00668. The first kappa shape index (κ1) is 19.3. The van der Waals surface area contributed by atoms with Gasteiger partial charge in [0.1, 0.15) is 10.6 Å². The average molecular weight is 441 g/mol. The van der Waals surface area contributed by atoms with Gasteiger partial charge in [0.2, 0.25) is 0 Å². The van der Waals surface area contributed by atoms with Crippen LogP contribution in [0.5, 0.6) is 0 Å². The van der Waals surface area contributed by atoms with Crippen LogP contribution in [0, 0.1) is 0 Å². The number of hydrogen-bond donors (Lipinski definition) is 1. The Hall–Kier alpha value is -2.01. The van der Waals surface area contributed by atoms with Crippen molar-refractivity contribution in [1.82, 2.24) is 4.57 Å². The van der Waals surface area contributed by atoms with Crippen molar-refractivity contribution in [2.45, 2.75) is 11.1 Å². The summed E-state index contributed by atoms with van der Waals surface area (Å²) in [6, 6.07) is 4.00. The minimum Gasteiger partial charge on any atom is -0.464 e. The van der Waals surface area contributed by atoms with Crippen LogP contribution in [0.25, 0.3) is 0 Å². The lowest BCUT2D eigenvalue weighted by atomic mass is 10.2. The number of nitrogens with zero attached hydrogens (tertiary/aromatic N) is 1. The van der Waals surface area contributed by atoms with Gasteiger partial charge in [-0.2, -0.15) is 13.2 Å². The number of rotatable bonds is 4. The van der Waals surface area contributed by atoms with E-state index in [1.165, 1.54) is 31.0 Å². The van der Waals surface area contributed by atoms with Gasteiger partial charge in [-0.25, -0.2) is 13.2 Å². The van der Waals surface area contributed by atoms with Crippen molar-refractivity contribution < 1.29 is 31.1 Å². The van der Waals surface area contributed by atoms with E-state index in [0.717, 1.165) is 18.2 Å². The number of alkyl halides is 3. The van der Waals surface area contributed by atoms with Crippen molar-refractivity contribution in [1.29, 1.82) is 0 Å². The zero-order valence-corrected chi connectivity index (χ0v) is 15.3. The highest BCUT2D eigenvalue weighted by Crippen LogP contribution is 2.38. The maximum absolute atomic E-state index is 12.9. The quantitative estimate of drug-likeness (QED) is 0.739. The van der Waals surface area contributed by atoms with Crippen LogP contribution in [0.1, 0.15) is 16.1 Å². The Morgan fingerprint density at radius 2 is 1.96 bits per heavy atom. The molecule has 11 heteroatoms. The molecule has 25 heavy (non-hydrogen) atoms. The second kappa shape index (κ2) is 6.71. The summed E-state index contributed by atoms with van der Waals surface area (Å²) in [6.07, 6.45) is -3.42. The Morgan fingerprint density at radius 1 is 1.32 bits per heavy atom. The number of carbonyl (C=O) groups is 1. The molecule has 2 aromatic rings. The largest absolute Gasteiger partial charge is 0.464 e. The first-order valence-electron chi connectivity index (χ1n) is 6.60. The number of esters is 1. The molecule has 0 bridgehead atoms. The standard InChI is InChI=1S/C14H12BrF3N2O4S/c1-20-7-8(6-10(20)13(21)24-2)19-25(22,23)11-5-3-4-9(12(11)15)14(16,17)18/h3-7,19H,1-2H3. The van der Waals surface area contributed by atoms with E-state index in [2.05, 4.69) is 25.4 Å². The van der Waals surface area contributed by atoms with Gasteiger partial charge in [-0.15, -0.1) is 0 Å². The fraction of sp³-hybridized carbons (Fsp3) is 0.214. The van der Waals surface area contributed by atoms with Crippen LogP contribution in [-0.2, 0) is 28.0 Å². The molecule has 1 aromatic heterocycles. The van der Waals surface area contributed by atoms with Crippen LogP contribution < -0.4 is 4.72 Å². The molecule has 0 saturated carbocycles. The molecule has 0 aliphatic heterocycles. The lowest BCUT2D eigenvalue weighted by Crippen LogP contribution is -2.15. The number of benzene rings is 1. The molecule has 1 heterocycles. The predicted octanol–water partition coefficient (Wildman–Crippen LogP) is 3.39. The Balaban J connectivity index is 2.43. The summed E-state index contributed by atoms with van der Waals surface area (Å²) >= 11 is 2.70. The first-order valence-corrected chi connectivity index (χ1v) is 8.88. The van der Waals surface area contributed by atoms with Crippen LogP contribution in [0.2, 0.25) is 0 Å². The Labute approximate surface area is 149 Å². The third kappa shape index (κ3) is 3.98. The first-order chi connectivity index (χ1) is 11.5. The molecule has 1 aromatic carbocycles. The fourth-order valence-corrected chi connectivity index (χ4v) is 4.34. The maximum atomic E-state index is 12.9. The molecule has 0 saturated heterocycles. The van der Waals surface area contributed by atoms with E-state index in [1.807, 2.05) is 0 Å². The summed E-state index contributed by atoms with van der Waals surface area (Å²) in [5.41, 5.74) is -1.03. The summed E-state index contributed by atoms with van der Waals surface area (Å²) in [7, 11) is -1.67. The Kier molecular flexibility index (Phi) is 5.19. The molecule has 2 rings (SSSR count). The molecular weight excluding hydrogens is 429 g/mol. The lowest BCUT2D eigenvalue weighted by molar-refractivity contribution is -0.138. The summed E-state index contributed by atoms with van der Waals surface area (Å²) in [6.45, 7) is 0. The Bertz CT molecular complexity index is 923. The summed E-state index contributed by atoms with van der Waals surface area (Å²) in [4.78, 5) is 11.0. The number of sulfonamides is 1. The summed E-state index contributed by atoms with van der Waals surface area (Å²) < 4.78 is 71.1. The van der Waals surface area contributed by atoms with Gasteiger partial charge in [-0.1, -0.05) is 6.07 Å². The highest BCUT2D eigenvalue weighted by atomic mass is 79.9. The number of nitrogens with one attached hydrogen (secondary N) is 1. The summed E-state index contributed by atoms with van der Waals surface area (Å²) in [5, 5.41) is 0. The molecule has 0 aliphatic rings. The number of aromatic nitrogens is 1. The number of hydrogen-bond acceptors (Lipinski definition) is 4. The lowest BCUT2D eigenvalue weighted by Gasteiger charge is -2.13. The second-order valence-electron chi connectivity index (χ2n) is 4.94. The normalized spacial score (nSPS) is 12.1. The van der Waals surface area contributed by atoms with Crippen LogP contribution in [0.15, 0.2) is 39.8 Å². The molecule has 0 atom stereocenters. The zero-order chi connectivity index (χ0) is 19.0. The topological polar surface area (TPSA) is 77.4 Å². The maximum Gasteiger partial charge on any atom is 0.417 e. The number of ether oxygens (including phenoxy) is 1. The molecule has 0 unspecified atom stereocenters. The molecule has 0 amide bonds. The number of aryl methyl sites for hydroxylation is 1. The van der Waals surface area contributed by atoms with Crippen LogP contribution >= 0.6 is 15.9 Å². The zero-order valence-electron chi connectivity index (χ0n) is 12.9. The molecule has 1 N–H and O–H groups in total. The monoisotopic (exact) mass is 440 g/mol. The average Bonchev–Trinajstić information content (AvgIpc) is 2.85. The van der Waals surface area contributed by atoms with Crippen molar-refractivity contribution in [2.75, 3.05) is 11.8 Å². The van der Waals surface area contributed by atoms with Gasteiger partial charge in [-0.3, -0.25) is 4.72 Å². The van der Waals surface area contributed by atoms with E-state index in [1.54, 1.807) is 0 Å². The number of methoxy groups -OCH3 is 1. The van der Waals surface area contributed by atoms with Gasteiger partial charge in [0.25, 0.3) is 10.0 Å². The van der Waals surface area contributed by atoms with Crippen molar-refractivity contribution in [3.63, 3.8) is 0 Å². The van der Waals surface area contributed by atoms with Gasteiger partial charge in [0.15, 0.2) is 0 Å². The van der Waals surface area contributed by atoms with Crippen molar-refractivity contribution >= 4 is 37.6 Å². The molecular formula is C14H12BrF3N2O4S. The van der Waals surface area contributed by atoms with Crippen LogP contribution in [-0.4, -0.2) is 26.1 Å². The highest BCUT2D eigenvalue weighted by molar-refractivity contribution is 9.10. The predicted molar refractivity (Wildman–Crippen MR) is 86.7 cm³/mol. The second-order valence-corrected chi connectivity index (χ2v) is 7.38. The van der Waals surface area contributed by atoms with Gasteiger partial charge in [-0.05, 0) is 34.1 Å². The van der Waals surface area contributed by atoms with E-state index in [-0.39, 0.29) is 11.4 Å².